The largest absolute Gasteiger partial charge is 0.343 e. The Morgan fingerprint density at radius 2 is 1.83 bits per heavy atom. The number of anilines is 1. The van der Waals surface area contributed by atoms with Crippen molar-refractivity contribution in [1.29, 1.82) is 0 Å². The van der Waals surface area contributed by atoms with Gasteiger partial charge in [-0.25, -0.2) is 4.39 Å². The summed E-state index contributed by atoms with van der Waals surface area (Å²) in [5, 5.41) is 3.15. The van der Waals surface area contributed by atoms with Crippen LogP contribution in [0.5, 0.6) is 0 Å². The summed E-state index contributed by atoms with van der Waals surface area (Å²) in [5.41, 5.74) is 3.16. The van der Waals surface area contributed by atoms with E-state index in [2.05, 4.69) is 21.2 Å². The van der Waals surface area contributed by atoms with E-state index in [0.29, 0.717) is 12.2 Å². The van der Waals surface area contributed by atoms with Gasteiger partial charge < -0.3 is 9.88 Å². The molecule has 3 aromatic carbocycles. The fourth-order valence-corrected chi connectivity index (χ4v) is 5.05. The van der Waals surface area contributed by atoms with Gasteiger partial charge in [0.1, 0.15) is 12.4 Å². The van der Waals surface area contributed by atoms with E-state index in [1.165, 1.54) is 12.1 Å². The highest BCUT2D eigenvalue weighted by molar-refractivity contribution is 9.10. The van der Waals surface area contributed by atoms with Crippen LogP contribution in [0.4, 0.5) is 14.9 Å². The molecule has 1 aromatic heterocycles. The van der Waals surface area contributed by atoms with Crippen molar-refractivity contribution in [3.05, 3.63) is 105 Å². The van der Waals surface area contributed by atoms with Gasteiger partial charge in [-0.2, -0.15) is 0 Å². The fraction of sp³-hybridized carbons (Fsp3) is 0.0741. The Balaban J connectivity index is 1.29. The van der Waals surface area contributed by atoms with Crippen molar-refractivity contribution < 1.29 is 18.8 Å². The van der Waals surface area contributed by atoms with Gasteiger partial charge in [-0.15, -0.1) is 0 Å². The Morgan fingerprint density at radius 1 is 1.03 bits per heavy atom. The van der Waals surface area contributed by atoms with Crippen LogP contribution >= 0.6 is 27.7 Å². The zero-order valence-electron chi connectivity index (χ0n) is 18.8. The minimum absolute atomic E-state index is 0.259. The Hall–Kier alpha value is -3.69. The summed E-state index contributed by atoms with van der Waals surface area (Å²) in [6, 6.07) is 21.1. The number of nitrogens with one attached hydrogen (secondary N) is 1. The molecular weight excluding hydrogens is 545 g/mol. The molecule has 0 bridgehead atoms. The molecule has 5 rings (SSSR count). The van der Waals surface area contributed by atoms with Gasteiger partial charge in [-0.05, 0) is 83.6 Å². The van der Waals surface area contributed by atoms with Gasteiger partial charge in [-0.3, -0.25) is 19.3 Å². The maximum absolute atomic E-state index is 13.5. The third kappa shape index (κ3) is 5.27. The van der Waals surface area contributed by atoms with Crippen molar-refractivity contribution >= 4 is 67.4 Å². The van der Waals surface area contributed by atoms with Crippen molar-refractivity contribution in [2.75, 3.05) is 11.9 Å². The predicted molar refractivity (Wildman–Crippen MR) is 143 cm³/mol. The predicted octanol–water partition coefficient (Wildman–Crippen LogP) is 6.27. The van der Waals surface area contributed by atoms with Crippen LogP contribution in [0.15, 0.2) is 88.4 Å². The molecule has 0 atom stereocenters. The lowest BCUT2D eigenvalue weighted by Gasteiger charge is -2.12. The number of aromatic nitrogens is 1. The van der Waals surface area contributed by atoms with Crippen molar-refractivity contribution in [3.8, 4) is 0 Å². The Bertz CT molecular complexity index is 1530. The van der Waals surface area contributed by atoms with E-state index in [0.717, 1.165) is 43.2 Å². The van der Waals surface area contributed by atoms with Crippen LogP contribution < -0.4 is 5.32 Å². The minimum atomic E-state index is -0.500. The van der Waals surface area contributed by atoms with Crippen LogP contribution in [0.25, 0.3) is 17.0 Å². The molecule has 180 valence electrons. The van der Waals surface area contributed by atoms with Gasteiger partial charge in [0.15, 0.2) is 0 Å². The highest BCUT2D eigenvalue weighted by atomic mass is 79.9. The first-order valence-corrected chi connectivity index (χ1v) is 12.6. The average Bonchev–Trinajstić information content (AvgIpc) is 3.36. The number of imide groups is 1. The average molecular weight is 564 g/mol. The summed E-state index contributed by atoms with van der Waals surface area (Å²) >= 11 is 4.14. The zero-order chi connectivity index (χ0) is 25.2. The standard InChI is InChI=1S/C27H19BrFN3O3S/c28-20-5-7-22(8-6-20)30-25(33)16-32-26(34)24(36-27(32)35)14-17-4-9-23-19(12-17)10-11-31(23)15-18-2-1-3-21(29)13-18/h1-14H,15-16H2,(H,30,33)/b24-14+. The number of carbonyl (C=O) groups is 3. The van der Waals surface area contributed by atoms with E-state index in [1.54, 1.807) is 36.4 Å². The molecule has 0 unspecified atom stereocenters. The lowest BCUT2D eigenvalue weighted by atomic mass is 10.1. The number of rotatable bonds is 6. The number of thioether (sulfide) groups is 1. The molecule has 0 spiro atoms. The first-order valence-electron chi connectivity index (χ1n) is 11.0. The number of hydrogen-bond donors (Lipinski definition) is 1. The molecule has 3 amide bonds. The Morgan fingerprint density at radius 3 is 2.61 bits per heavy atom. The summed E-state index contributed by atoms with van der Waals surface area (Å²) in [5.74, 6) is -1.23. The van der Waals surface area contributed by atoms with Crippen molar-refractivity contribution in [2.45, 2.75) is 6.54 Å². The van der Waals surface area contributed by atoms with Crippen LogP contribution in [0.1, 0.15) is 11.1 Å². The monoisotopic (exact) mass is 563 g/mol. The first-order chi connectivity index (χ1) is 17.4. The molecule has 9 heteroatoms. The molecule has 36 heavy (non-hydrogen) atoms. The highest BCUT2D eigenvalue weighted by Gasteiger charge is 2.36. The molecule has 6 nitrogen and oxygen atoms in total. The normalized spacial score (nSPS) is 14.7. The number of fused-ring (bicyclic) bond motifs is 1. The molecule has 4 aromatic rings. The summed E-state index contributed by atoms with van der Waals surface area (Å²) < 4.78 is 16.4. The quantitative estimate of drug-likeness (QED) is 0.281. The maximum Gasteiger partial charge on any atom is 0.294 e. The van der Waals surface area contributed by atoms with Crippen LogP contribution in [0.3, 0.4) is 0 Å². The number of hydrogen-bond acceptors (Lipinski definition) is 4. The maximum atomic E-state index is 13.5. The zero-order valence-corrected chi connectivity index (χ0v) is 21.2. The number of benzene rings is 3. The van der Waals surface area contributed by atoms with Gasteiger partial charge in [0, 0.05) is 33.8 Å². The third-order valence-electron chi connectivity index (χ3n) is 5.64. The second-order valence-electron chi connectivity index (χ2n) is 8.21. The number of nitrogens with zero attached hydrogens (tertiary/aromatic N) is 2. The summed E-state index contributed by atoms with van der Waals surface area (Å²) in [6.45, 7) is 0.169. The summed E-state index contributed by atoms with van der Waals surface area (Å²) in [6.07, 6.45) is 3.58. The number of amides is 3. The minimum Gasteiger partial charge on any atom is -0.343 e. The Kier molecular flexibility index (Phi) is 6.75. The van der Waals surface area contributed by atoms with Crippen LogP contribution in [-0.2, 0) is 16.1 Å². The highest BCUT2D eigenvalue weighted by Crippen LogP contribution is 2.33. The van der Waals surface area contributed by atoms with E-state index in [-0.39, 0.29) is 17.3 Å². The van der Waals surface area contributed by atoms with Gasteiger partial charge in [-0.1, -0.05) is 34.1 Å². The molecule has 0 aliphatic carbocycles. The van der Waals surface area contributed by atoms with Crippen molar-refractivity contribution in [2.24, 2.45) is 0 Å². The van der Waals surface area contributed by atoms with E-state index in [1.807, 2.05) is 41.1 Å². The molecule has 1 aliphatic heterocycles. The first kappa shape index (κ1) is 24.0. The summed E-state index contributed by atoms with van der Waals surface area (Å²) in [4.78, 5) is 38.9. The second-order valence-corrected chi connectivity index (χ2v) is 10.1. The SMILES string of the molecule is O=C(CN1C(=O)S/C(=C/c2ccc3c(ccn3Cc3cccc(F)c3)c2)C1=O)Nc1ccc(Br)cc1. The van der Waals surface area contributed by atoms with E-state index >= 15 is 0 Å². The van der Waals surface area contributed by atoms with Crippen LogP contribution in [0.2, 0.25) is 0 Å². The van der Waals surface area contributed by atoms with Gasteiger partial charge in [0.05, 0.1) is 4.91 Å². The number of carbonyl (C=O) groups excluding carboxylic acids is 3. The Labute approximate surface area is 218 Å². The lowest BCUT2D eigenvalue weighted by Crippen LogP contribution is -2.36. The fourth-order valence-electron chi connectivity index (χ4n) is 3.94. The van der Waals surface area contributed by atoms with E-state index < -0.39 is 17.1 Å². The van der Waals surface area contributed by atoms with Crippen molar-refractivity contribution in [3.63, 3.8) is 0 Å². The number of halogens is 2. The van der Waals surface area contributed by atoms with Gasteiger partial charge >= 0.3 is 0 Å². The molecule has 0 radical (unpaired) electrons. The third-order valence-corrected chi connectivity index (χ3v) is 7.07. The van der Waals surface area contributed by atoms with E-state index in [9.17, 15) is 18.8 Å². The van der Waals surface area contributed by atoms with Crippen molar-refractivity contribution in [1.82, 2.24) is 9.47 Å². The lowest BCUT2D eigenvalue weighted by molar-refractivity contribution is -0.127. The van der Waals surface area contributed by atoms with Gasteiger partial charge in [0.25, 0.3) is 11.1 Å². The van der Waals surface area contributed by atoms with Gasteiger partial charge in [0.2, 0.25) is 5.91 Å². The molecule has 0 saturated carbocycles. The van der Waals surface area contributed by atoms with Crippen LogP contribution in [-0.4, -0.2) is 33.1 Å². The second kappa shape index (κ2) is 10.1. The molecule has 1 aliphatic rings. The molecule has 1 fully saturated rings. The van der Waals surface area contributed by atoms with E-state index in [4.69, 9.17) is 0 Å². The molecule has 1 saturated heterocycles. The topological polar surface area (TPSA) is 71.4 Å². The molecule has 1 N–H and O–H groups in total. The smallest absolute Gasteiger partial charge is 0.294 e. The molecule has 2 heterocycles. The molecular formula is C27H19BrFN3O3S. The van der Waals surface area contributed by atoms with Crippen LogP contribution in [0, 0.1) is 5.82 Å². The summed E-state index contributed by atoms with van der Waals surface area (Å²) in [7, 11) is 0.